The van der Waals surface area contributed by atoms with Crippen LogP contribution in [-0.2, 0) is 4.79 Å². The van der Waals surface area contributed by atoms with Gasteiger partial charge in [0.2, 0.25) is 5.91 Å². The number of rotatable bonds is 6. The van der Waals surface area contributed by atoms with Crippen LogP contribution in [0.4, 0.5) is 20.6 Å². The van der Waals surface area contributed by atoms with Gasteiger partial charge in [0.25, 0.3) is 0 Å². The molecule has 0 bridgehead atoms. The minimum absolute atomic E-state index is 0.0875. The maximum atomic E-state index is 13.8. The highest BCUT2D eigenvalue weighted by atomic mass is 19.1. The van der Waals surface area contributed by atoms with Gasteiger partial charge in [-0.05, 0) is 48.0 Å². The van der Waals surface area contributed by atoms with Gasteiger partial charge in [0.05, 0.1) is 31.7 Å². The van der Waals surface area contributed by atoms with E-state index in [-0.39, 0.29) is 17.6 Å². The largest absolute Gasteiger partial charge is 0.493 e. The van der Waals surface area contributed by atoms with Gasteiger partial charge in [0.15, 0.2) is 11.5 Å². The highest BCUT2D eigenvalue weighted by molar-refractivity contribution is 6.03. The van der Waals surface area contributed by atoms with E-state index in [1.807, 2.05) is 24.3 Å². The van der Waals surface area contributed by atoms with Crippen molar-refractivity contribution in [2.24, 2.45) is 5.10 Å². The summed E-state index contributed by atoms with van der Waals surface area (Å²) in [5.74, 6) is 0.484. The number of carbonyl (C=O) groups excluding carboxylic acids is 2. The first-order chi connectivity index (χ1) is 16.9. The molecular weight excluding hydrogens is 451 g/mol. The summed E-state index contributed by atoms with van der Waals surface area (Å²) >= 11 is 0. The molecule has 0 aromatic heterocycles. The molecule has 0 saturated carbocycles. The van der Waals surface area contributed by atoms with Crippen LogP contribution in [0.3, 0.4) is 0 Å². The van der Waals surface area contributed by atoms with Gasteiger partial charge >= 0.3 is 6.03 Å². The standard InChI is InChI=1S/C26H25FN4O4/c1-16(32)31-23(15-22(30-31)18-10-13-24(34-2)25(14-18)35-3)17-8-11-19(12-9-17)28-26(33)29-21-7-5-4-6-20(21)27/h4-14,23H,15H2,1-3H3,(H2,28,29,33). The van der Waals surface area contributed by atoms with E-state index in [2.05, 4.69) is 15.7 Å². The number of methoxy groups -OCH3 is 2. The number of halogens is 1. The second-order valence-electron chi connectivity index (χ2n) is 7.88. The first-order valence-electron chi connectivity index (χ1n) is 10.9. The molecule has 2 N–H and O–H groups in total. The zero-order valence-corrected chi connectivity index (χ0v) is 19.5. The average Bonchev–Trinajstić information content (AvgIpc) is 3.31. The topological polar surface area (TPSA) is 92.3 Å². The van der Waals surface area contributed by atoms with Crippen LogP contribution in [-0.4, -0.2) is 36.9 Å². The predicted molar refractivity (Wildman–Crippen MR) is 131 cm³/mol. The Morgan fingerprint density at radius 2 is 1.69 bits per heavy atom. The molecule has 4 rings (SSSR count). The number of benzene rings is 3. The lowest BCUT2D eigenvalue weighted by Crippen LogP contribution is -2.24. The maximum absolute atomic E-state index is 13.8. The van der Waals surface area contributed by atoms with Crippen LogP contribution < -0.4 is 20.1 Å². The monoisotopic (exact) mass is 476 g/mol. The summed E-state index contributed by atoms with van der Waals surface area (Å²) in [5.41, 5.74) is 3.05. The van der Waals surface area contributed by atoms with Crippen molar-refractivity contribution in [3.05, 3.63) is 83.7 Å². The molecule has 180 valence electrons. The molecule has 1 unspecified atom stereocenters. The molecule has 0 aliphatic carbocycles. The van der Waals surface area contributed by atoms with Crippen molar-refractivity contribution < 1.29 is 23.5 Å². The molecule has 0 saturated heterocycles. The van der Waals surface area contributed by atoms with Crippen molar-refractivity contribution in [3.8, 4) is 11.5 Å². The molecule has 3 aromatic rings. The quantitative estimate of drug-likeness (QED) is 0.513. The third-order valence-corrected chi connectivity index (χ3v) is 5.63. The van der Waals surface area contributed by atoms with E-state index in [1.165, 1.54) is 24.1 Å². The summed E-state index contributed by atoms with van der Waals surface area (Å²) in [5, 5.41) is 11.2. The van der Waals surface area contributed by atoms with Gasteiger partial charge in [-0.25, -0.2) is 14.2 Å². The fourth-order valence-electron chi connectivity index (χ4n) is 3.89. The Morgan fingerprint density at radius 3 is 2.34 bits per heavy atom. The molecule has 1 atom stereocenters. The normalized spacial score (nSPS) is 14.8. The number of carbonyl (C=O) groups is 2. The average molecular weight is 477 g/mol. The van der Waals surface area contributed by atoms with Crippen molar-refractivity contribution in [2.75, 3.05) is 24.9 Å². The van der Waals surface area contributed by atoms with E-state index in [1.54, 1.807) is 44.6 Å². The molecule has 8 nitrogen and oxygen atoms in total. The molecule has 35 heavy (non-hydrogen) atoms. The zero-order chi connectivity index (χ0) is 24.9. The highest BCUT2D eigenvalue weighted by Crippen LogP contribution is 2.35. The summed E-state index contributed by atoms with van der Waals surface area (Å²) in [6, 6.07) is 17.7. The van der Waals surface area contributed by atoms with E-state index in [4.69, 9.17) is 9.47 Å². The number of amides is 3. The summed E-state index contributed by atoms with van der Waals surface area (Å²) in [6.45, 7) is 1.47. The van der Waals surface area contributed by atoms with E-state index in [0.29, 0.717) is 23.6 Å². The highest BCUT2D eigenvalue weighted by Gasteiger charge is 2.31. The SMILES string of the molecule is COc1ccc(C2=NN(C(C)=O)C(c3ccc(NC(=O)Nc4ccccc4F)cc3)C2)cc1OC. The van der Waals surface area contributed by atoms with Crippen LogP contribution in [0.15, 0.2) is 71.8 Å². The van der Waals surface area contributed by atoms with Crippen molar-refractivity contribution in [3.63, 3.8) is 0 Å². The number of hydrogen-bond acceptors (Lipinski definition) is 5. The molecule has 0 radical (unpaired) electrons. The zero-order valence-electron chi connectivity index (χ0n) is 19.5. The van der Waals surface area contributed by atoms with Gasteiger partial charge in [0, 0.05) is 24.6 Å². The van der Waals surface area contributed by atoms with Crippen LogP contribution in [0.1, 0.15) is 30.5 Å². The van der Waals surface area contributed by atoms with Crippen LogP contribution in [0.25, 0.3) is 0 Å². The Kier molecular flexibility index (Phi) is 6.96. The summed E-state index contributed by atoms with van der Waals surface area (Å²) in [7, 11) is 3.13. The number of hydrogen-bond donors (Lipinski definition) is 2. The third-order valence-electron chi connectivity index (χ3n) is 5.63. The van der Waals surface area contributed by atoms with E-state index < -0.39 is 11.8 Å². The lowest BCUT2D eigenvalue weighted by Gasteiger charge is -2.20. The third kappa shape index (κ3) is 5.24. The van der Waals surface area contributed by atoms with Crippen LogP contribution >= 0.6 is 0 Å². The van der Waals surface area contributed by atoms with Gasteiger partial charge in [-0.15, -0.1) is 0 Å². The van der Waals surface area contributed by atoms with E-state index >= 15 is 0 Å². The van der Waals surface area contributed by atoms with Crippen LogP contribution in [0.2, 0.25) is 0 Å². The number of ether oxygens (including phenoxy) is 2. The van der Waals surface area contributed by atoms with E-state index in [9.17, 15) is 14.0 Å². The number of nitrogens with zero attached hydrogens (tertiary/aromatic N) is 2. The van der Waals surface area contributed by atoms with E-state index in [0.717, 1.165) is 16.8 Å². The Hall–Kier alpha value is -4.40. The van der Waals surface area contributed by atoms with Crippen molar-refractivity contribution in [1.82, 2.24) is 5.01 Å². The first-order valence-corrected chi connectivity index (χ1v) is 10.9. The Labute approximate surface area is 202 Å². The fraction of sp³-hybridized carbons (Fsp3) is 0.192. The minimum atomic E-state index is -0.562. The van der Waals surface area contributed by atoms with Crippen LogP contribution in [0.5, 0.6) is 11.5 Å². The molecule has 3 amide bonds. The molecule has 0 spiro atoms. The summed E-state index contributed by atoms with van der Waals surface area (Å²) < 4.78 is 24.4. The first kappa shape index (κ1) is 23.7. The van der Waals surface area contributed by atoms with Gasteiger partial charge in [-0.3, -0.25) is 4.79 Å². The van der Waals surface area contributed by atoms with Gasteiger partial charge < -0.3 is 20.1 Å². The molecule has 3 aromatic carbocycles. The molecule has 1 aliphatic rings. The fourth-order valence-corrected chi connectivity index (χ4v) is 3.89. The molecule has 0 fully saturated rings. The Morgan fingerprint density at radius 1 is 0.971 bits per heavy atom. The number of hydrazone groups is 1. The molecule has 9 heteroatoms. The predicted octanol–water partition coefficient (Wildman–Crippen LogP) is 5.18. The lowest BCUT2D eigenvalue weighted by molar-refractivity contribution is -0.130. The van der Waals surface area contributed by atoms with Crippen LogP contribution in [0, 0.1) is 5.82 Å². The number of urea groups is 1. The maximum Gasteiger partial charge on any atom is 0.323 e. The van der Waals surface area contributed by atoms with Crippen molar-refractivity contribution in [1.29, 1.82) is 0 Å². The smallest absolute Gasteiger partial charge is 0.323 e. The number of nitrogens with one attached hydrogen (secondary N) is 2. The number of anilines is 2. The summed E-state index contributed by atoms with van der Waals surface area (Å²) in [4.78, 5) is 24.6. The molecule has 1 heterocycles. The minimum Gasteiger partial charge on any atom is -0.493 e. The summed E-state index contributed by atoms with van der Waals surface area (Å²) in [6.07, 6.45) is 0.510. The van der Waals surface area contributed by atoms with Gasteiger partial charge in [0.1, 0.15) is 5.82 Å². The Balaban J connectivity index is 1.48. The van der Waals surface area contributed by atoms with Gasteiger partial charge in [-0.2, -0.15) is 5.10 Å². The second kappa shape index (κ2) is 10.3. The van der Waals surface area contributed by atoms with Crippen molar-refractivity contribution >= 4 is 29.0 Å². The van der Waals surface area contributed by atoms with Gasteiger partial charge in [-0.1, -0.05) is 24.3 Å². The lowest BCUT2D eigenvalue weighted by atomic mass is 9.98. The molecular formula is C26H25FN4O4. The number of para-hydroxylation sites is 1. The second-order valence-corrected chi connectivity index (χ2v) is 7.88. The van der Waals surface area contributed by atoms with Crippen molar-refractivity contribution in [2.45, 2.75) is 19.4 Å². The Bertz CT molecular complexity index is 1280. The molecule has 1 aliphatic heterocycles.